The maximum atomic E-state index is 9.34. The van der Waals surface area contributed by atoms with Crippen molar-refractivity contribution in [3.05, 3.63) is 0 Å². The first-order valence-corrected chi connectivity index (χ1v) is 8.35. The van der Waals surface area contributed by atoms with Crippen LogP contribution in [0.4, 0.5) is 11.9 Å². The number of aliphatic hydroxyl groups excluding tert-OH is 1. The van der Waals surface area contributed by atoms with E-state index in [-0.39, 0.29) is 30.0 Å². The van der Waals surface area contributed by atoms with Crippen molar-refractivity contribution in [2.45, 2.75) is 45.1 Å². The minimum atomic E-state index is -0.0106. The molecule has 21 heavy (non-hydrogen) atoms. The second-order valence-corrected chi connectivity index (χ2v) is 5.93. The van der Waals surface area contributed by atoms with Crippen LogP contribution < -0.4 is 15.4 Å². The number of aliphatic hydroxyl groups is 1. The number of rotatable bonds is 9. The first-order valence-electron chi connectivity index (χ1n) is 7.06. The molecule has 0 aliphatic carbocycles. The van der Waals surface area contributed by atoms with Crippen molar-refractivity contribution in [1.29, 1.82) is 0 Å². The molecule has 1 aromatic rings. The zero-order valence-electron chi connectivity index (χ0n) is 13.3. The molecule has 0 saturated carbocycles. The zero-order valence-corrected chi connectivity index (χ0v) is 14.1. The lowest BCUT2D eigenvalue weighted by Crippen LogP contribution is -2.32. The van der Waals surface area contributed by atoms with E-state index in [1.807, 2.05) is 34.0 Å². The summed E-state index contributed by atoms with van der Waals surface area (Å²) >= 11 is 1.60. The predicted molar refractivity (Wildman–Crippen MR) is 87.2 cm³/mol. The molecular formula is C13H25N5O2S. The first-order chi connectivity index (χ1) is 9.99. The zero-order chi connectivity index (χ0) is 15.8. The van der Waals surface area contributed by atoms with E-state index in [2.05, 4.69) is 25.6 Å². The molecule has 7 nitrogen and oxygen atoms in total. The van der Waals surface area contributed by atoms with Gasteiger partial charge in [-0.1, -0.05) is 0 Å². The van der Waals surface area contributed by atoms with Crippen LogP contribution in [0.3, 0.4) is 0 Å². The van der Waals surface area contributed by atoms with Crippen LogP contribution in [0.1, 0.15) is 27.7 Å². The minimum Gasteiger partial charge on any atom is -0.461 e. The molecule has 0 amide bonds. The maximum absolute atomic E-state index is 9.34. The number of nitrogens with one attached hydrogen (secondary N) is 2. The monoisotopic (exact) mass is 315 g/mol. The van der Waals surface area contributed by atoms with Gasteiger partial charge in [0.15, 0.2) is 0 Å². The summed E-state index contributed by atoms with van der Waals surface area (Å²) in [5, 5.41) is 15.7. The number of hydrogen-bond donors (Lipinski definition) is 3. The van der Waals surface area contributed by atoms with Gasteiger partial charge < -0.3 is 20.5 Å². The normalized spacial score (nSPS) is 13.9. The van der Waals surface area contributed by atoms with Crippen molar-refractivity contribution in [2.24, 2.45) is 0 Å². The van der Waals surface area contributed by atoms with Gasteiger partial charge in [0.25, 0.3) is 0 Å². The number of thioether (sulfide) groups is 1. The van der Waals surface area contributed by atoms with Gasteiger partial charge in [0.1, 0.15) is 0 Å². The molecule has 0 saturated heterocycles. The van der Waals surface area contributed by atoms with Crippen molar-refractivity contribution < 1.29 is 9.84 Å². The molecule has 3 N–H and O–H groups in total. The molecular weight excluding hydrogens is 290 g/mol. The topological polar surface area (TPSA) is 92.2 Å². The third-order valence-corrected chi connectivity index (χ3v) is 3.85. The molecule has 1 heterocycles. The maximum Gasteiger partial charge on any atom is 0.323 e. The van der Waals surface area contributed by atoms with Crippen LogP contribution in [-0.4, -0.2) is 56.9 Å². The Morgan fingerprint density at radius 1 is 1.19 bits per heavy atom. The summed E-state index contributed by atoms with van der Waals surface area (Å²) in [6.07, 6.45) is 1.95. The summed E-state index contributed by atoms with van der Waals surface area (Å²) in [4.78, 5) is 12.8. The highest BCUT2D eigenvalue weighted by molar-refractivity contribution is 7.99. The van der Waals surface area contributed by atoms with E-state index in [4.69, 9.17) is 4.74 Å². The van der Waals surface area contributed by atoms with Gasteiger partial charge in [0, 0.05) is 17.8 Å². The summed E-state index contributed by atoms with van der Waals surface area (Å²) in [6, 6.07) is 0.309. The van der Waals surface area contributed by atoms with Gasteiger partial charge in [0.05, 0.1) is 12.7 Å². The number of hydrogen-bond acceptors (Lipinski definition) is 8. The Morgan fingerprint density at radius 2 is 1.86 bits per heavy atom. The first kappa shape index (κ1) is 17.8. The van der Waals surface area contributed by atoms with Crippen molar-refractivity contribution in [1.82, 2.24) is 15.0 Å². The molecule has 1 aromatic heterocycles. The third kappa shape index (κ3) is 5.92. The number of anilines is 2. The average molecular weight is 315 g/mol. The Hall–Kier alpha value is -1.28. The molecule has 0 aliphatic rings. The van der Waals surface area contributed by atoms with E-state index in [1.165, 1.54) is 0 Å². The van der Waals surface area contributed by atoms with Gasteiger partial charge in [0.2, 0.25) is 11.9 Å². The van der Waals surface area contributed by atoms with Crippen LogP contribution in [0.2, 0.25) is 0 Å². The molecule has 120 valence electrons. The number of nitrogens with zero attached hydrogens (tertiary/aromatic N) is 3. The van der Waals surface area contributed by atoms with Crippen LogP contribution in [0, 0.1) is 0 Å². The smallest absolute Gasteiger partial charge is 0.323 e. The van der Waals surface area contributed by atoms with E-state index >= 15 is 0 Å². The van der Waals surface area contributed by atoms with E-state index in [0.717, 1.165) is 0 Å². The van der Waals surface area contributed by atoms with Gasteiger partial charge >= 0.3 is 6.01 Å². The minimum absolute atomic E-state index is 0.0106. The van der Waals surface area contributed by atoms with Crippen LogP contribution in [0.5, 0.6) is 6.01 Å². The fourth-order valence-electron chi connectivity index (χ4n) is 1.66. The molecule has 0 spiro atoms. The Morgan fingerprint density at radius 3 is 2.38 bits per heavy atom. The molecule has 2 atom stereocenters. The summed E-state index contributed by atoms with van der Waals surface area (Å²) in [5.41, 5.74) is 0. The quantitative estimate of drug-likeness (QED) is 0.633. The van der Waals surface area contributed by atoms with Crippen molar-refractivity contribution >= 4 is 23.7 Å². The summed E-state index contributed by atoms with van der Waals surface area (Å²) in [5.74, 6) is 0.916. The van der Waals surface area contributed by atoms with Crippen molar-refractivity contribution in [3.8, 4) is 6.01 Å². The molecule has 1 rings (SSSR count). The lowest BCUT2D eigenvalue weighted by molar-refractivity contribution is 0.222. The molecule has 0 aromatic carbocycles. The number of aromatic nitrogens is 3. The molecule has 8 heteroatoms. The molecule has 0 bridgehead atoms. The van der Waals surface area contributed by atoms with Gasteiger partial charge in [-0.3, -0.25) is 0 Å². The average Bonchev–Trinajstić information content (AvgIpc) is 2.39. The summed E-state index contributed by atoms with van der Waals surface area (Å²) in [7, 11) is 0. The Labute approximate surface area is 130 Å². The van der Waals surface area contributed by atoms with E-state index in [1.54, 1.807) is 11.8 Å². The van der Waals surface area contributed by atoms with Gasteiger partial charge in [-0.25, -0.2) is 0 Å². The van der Waals surface area contributed by atoms with Crippen LogP contribution in [0.25, 0.3) is 0 Å². The fraction of sp³-hybridized carbons (Fsp3) is 0.769. The predicted octanol–water partition coefficient (Wildman–Crippen LogP) is 1.61. The highest BCUT2D eigenvalue weighted by Gasteiger charge is 2.17. The standard InChI is InChI=1S/C13H25N5O2S/c1-6-14-11-16-12(15-9(4)10(7-19)21-5)18-13(17-11)20-8(2)3/h8-10,19H,6-7H2,1-5H3,(H2,14,15,16,17,18). The van der Waals surface area contributed by atoms with Crippen LogP contribution in [-0.2, 0) is 0 Å². The van der Waals surface area contributed by atoms with Gasteiger partial charge in [-0.05, 0) is 34.0 Å². The summed E-state index contributed by atoms with van der Waals surface area (Å²) < 4.78 is 5.54. The molecule has 0 fully saturated rings. The number of ether oxygens (including phenoxy) is 1. The second kappa shape index (κ2) is 8.89. The third-order valence-electron chi connectivity index (χ3n) is 2.69. The fourth-order valence-corrected chi connectivity index (χ4v) is 2.28. The largest absolute Gasteiger partial charge is 0.461 e. The Kier molecular flexibility index (Phi) is 7.52. The highest BCUT2D eigenvalue weighted by atomic mass is 32.2. The molecule has 0 aliphatic heterocycles. The lowest BCUT2D eigenvalue weighted by Gasteiger charge is -2.21. The summed E-state index contributed by atoms with van der Waals surface area (Å²) in [6.45, 7) is 8.60. The van der Waals surface area contributed by atoms with Crippen LogP contribution in [0.15, 0.2) is 0 Å². The van der Waals surface area contributed by atoms with Gasteiger partial charge in [-0.2, -0.15) is 26.7 Å². The van der Waals surface area contributed by atoms with E-state index in [9.17, 15) is 5.11 Å². The molecule has 0 radical (unpaired) electrons. The molecule has 2 unspecified atom stereocenters. The van der Waals surface area contributed by atoms with Gasteiger partial charge in [-0.15, -0.1) is 0 Å². The van der Waals surface area contributed by atoms with Crippen molar-refractivity contribution in [2.75, 3.05) is 30.0 Å². The highest BCUT2D eigenvalue weighted by Crippen LogP contribution is 2.17. The van der Waals surface area contributed by atoms with Crippen molar-refractivity contribution in [3.63, 3.8) is 0 Å². The lowest BCUT2D eigenvalue weighted by atomic mass is 10.2. The Balaban J connectivity index is 2.91. The van der Waals surface area contributed by atoms with E-state index < -0.39 is 0 Å². The second-order valence-electron chi connectivity index (χ2n) is 4.85. The SMILES string of the molecule is CCNc1nc(NC(C)C(CO)SC)nc(OC(C)C)n1. The van der Waals surface area contributed by atoms with E-state index in [0.29, 0.717) is 18.4 Å². The Bertz CT molecular complexity index is 429. The van der Waals surface area contributed by atoms with Crippen LogP contribution >= 0.6 is 11.8 Å².